The van der Waals surface area contributed by atoms with Gasteiger partial charge in [0, 0.05) is 0 Å². The Labute approximate surface area is 126 Å². The van der Waals surface area contributed by atoms with E-state index < -0.39 is 11.7 Å². The molecule has 0 spiro atoms. The first-order valence-corrected chi connectivity index (χ1v) is 6.60. The van der Waals surface area contributed by atoms with Crippen LogP contribution in [0, 0.1) is 11.6 Å². The number of carbonyl (C=O) groups excluding carboxylic acids is 2. The molecule has 2 aromatic carbocycles. The molecular weight excluding hydrogens is 290 g/mol. The molecule has 2 N–H and O–H groups in total. The van der Waals surface area contributed by atoms with E-state index >= 15 is 0 Å². The van der Waals surface area contributed by atoms with Gasteiger partial charge in [0.15, 0.2) is 0 Å². The van der Waals surface area contributed by atoms with Crippen molar-refractivity contribution < 1.29 is 18.4 Å². The summed E-state index contributed by atoms with van der Waals surface area (Å²) in [5.74, 6) is -1.84. The van der Waals surface area contributed by atoms with E-state index in [0.717, 1.165) is 0 Å². The minimum atomic E-state index is -0.548. The van der Waals surface area contributed by atoms with Crippen LogP contribution in [0.15, 0.2) is 48.5 Å². The molecule has 0 radical (unpaired) electrons. The number of rotatable bonds is 5. The van der Waals surface area contributed by atoms with Crippen LogP contribution in [0.25, 0.3) is 0 Å². The lowest BCUT2D eigenvalue weighted by Crippen LogP contribution is -2.33. The van der Waals surface area contributed by atoms with Crippen molar-refractivity contribution in [1.82, 2.24) is 5.32 Å². The molecule has 6 heteroatoms. The van der Waals surface area contributed by atoms with Crippen LogP contribution in [0.1, 0.15) is 5.56 Å². The highest BCUT2D eigenvalue weighted by molar-refractivity contribution is 5.94. The van der Waals surface area contributed by atoms with Crippen molar-refractivity contribution in [2.45, 2.75) is 6.42 Å². The second-order valence-corrected chi connectivity index (χ2v) is 4.61. The quantitative estimate of drug-likeness (QED) is 0.890. The Morgan fingerprint density at radius 1 is 0.909 bits per heavy atom. The molecule has 0 saturated carbocycles. The molecule has 0 unspecified atom stereocenters. The monoisotopic (exact) mass is 304 g/mol. The van der Waals surface area contributed by atoms with Crippen molar-refractivity contribution in [1.29, 1.82) is 0 Å². The second kappa shape index (κ2) is 7.31. The molecule has 0 aliphatic rings. The Morgan fingerprint density at radius 2 is 1.59 bits per heavy atom. The van der Waals surface area contributed by atoms with Gasteiger partial charge in [0.2, 0.25) is 11.8 Å². The van der Waals surface area contributed by atoms with Crippen molar-refractivity contribution in [3.05, 3.63) is 65.7 Å². The van der Waals surface area contributed by atoms with Crippen molar-refractivity contribution in [3.63, 3.8) is 0 Å². The predicted molar refractivity (Wildman–Crippen MR) is 78.1 cm³/mol. The lowest BCUT2D eigenvalue weighted by molar-refractivity contribution is -0.123. The largest absolute Gasteiger partial charge is 0.347 e. The summed E-state index contributed by atoms with van der Waals surface area (Å²) in [6, 6.07) is 11.3. The standard InChI is InChI=1S/C16H14F2N2O2/c17-12-7-5-11(6-8-12)9-15(21)19-10-16(22)20-14-4-2-1-3-13(14)18/h1-8H,9-10H2,(H,19,21)(H,20,22). The maximum atomic E-state index is 13.3. The maximum Gasteiger partial charge on any atom is 0.243 e. The van der Waals surface area contributed by atoms with Gasteiger partial charge in [-0.25, -0.2) is 8.78 Å². The minimum Gasteiger partial charge on any atom is -0.347 e. The van der Waals surface area contributed by atoms with Crippen LogP contribution in [-0.4, -0.2) is 18.4 Å². The Balaban J connectivity index is 1.79. The number of amides is 2. The van der Waals surface area contributed by atoms with Gasteiger partial charge in [-0.05, 0) is 29.8 Å². The first kappa shape index (κ1) is 15.6. The summed E-state index contributed by atoms with van der Waals surface area (Å²) >= 11 is 0. The molecule has 0 aromatic heterocycles. The second-order valence-electron chi connectivity index (χ2n) is 4.61. The van der Waals surface area contributed by atoms with E-state index in [1.54, 1.807) is 6.07 Å². The number of carbonyl (C=O) groups is 2. The molecule has 114 valence electrons. The first-order valence-electron chi connectivity index (χ1n) is 6.60. The third kappa shape index (κ3) is 4.66. The third-order valence-electron chi connectivity index (χ3n) is 2.87. The van der Waals surface area contributed by atoms with Crippen LogP contribution in [0.2, 0.25) is 0 Å². The molecular formula is C16H14F2N2O2. The normalized spacial score (nSPS) is 10.1. The summed E-state index contributed by atoms with van der Waals surface area (Å²) in [5.41, 5.74) is 0.689. The average molecular weight is 304 g/mol. The zero-order valence-electron chi connectivity index (χ0n) is 11.6. The van der Waals surface area contributed by atoms with Crippen LogP contribution in [0.3, 0.4) is 0 Å². The molecule has 2 amide bonds. The van der Waals surface area contributed by atoms with E-state index in [1.165, 1.54) is 42.5 Å². The molecule has 0 bridgehead atoms. The fraction of sp³-hybridized carbons (Fsp3) is 0.125. The Morgan fingerprint density at radius 3 is 2.27 bits per heavy atom. The van der Waals surface area contributed by atoms with E-state index in [9.17, 15) is 18.4 Å². The number of para-hydroxylation sites is 1. The van der Waals surface area contributed by atoms with Crippen molar-refractivity contribution in [3.8, 4) is 0 Å². The van der Waals surface area contributed by atoms with E-state index in [1.807, 2.05) is 0 Å². The topological polar surface area (TPSA) is 58.2 Å². The number of hydrogen-bond donors (Lipinski definition) is 2. The summed E-state index contributed by atoms with van der Waals surface area (Å²) in [6.07, 6.45) is 0.0350. The molecule has 0 atom stereocenters. The highest BCUT2D eigenvalue weighted by Crippen LogP contribution is 2.11. The fourth-order valence-corrected chi connectivity index (χ4v) is 1.79. The van der Waals surface area contributed by atoms with Crippen LogP contribution < -0.4 is 10.6 Å². The summed E-state index contributed by atoms with van der Waals surface area (Å²) in [4.78, 5) is 23.3. The summed E-state index contributed by atoms with van der Waals surface area (Å²) in [7, 11) is 0. The average Bonchev–Trinajstić information content (AvgIpc) is 2.50. The number of hydrogen-bond acceptors (Lipinski definition) is 2. The number of benzene rings is 2. The van der Waals surface area contributed by atoms with Gasteiger partial charge in [0.1, 0.15) is 11.6 Å². The molecule has 0 aliphatic carbocycles. The van der Waals surface area contributed by atoms with Gasteiger partial charge >= 0.3 is 0 Å². The zero-order chi connectivity index (χ0) is 15.9. The Hall–Kier alpha value is -2.76. The fourth-order valence-electron chi connectivity index (χ4n) is 1.79. The Kier molecular flexibility index (Phi) is 5.19. The van der Waals surface area contributed by atoms with Crippen molar-refractivity contribution >= 4 is 17.5 Å². The highest BCUT2D eigenvalue weighted by atomic mass is 19.1. The smallest absolute Gasteiger partial charge is 0.243 e. The lowest BCUT2D eigenvalue weighted by atomic mass is 10.1. The van der Waals surface area contributed by atoms with E-state index in [-0.39, 0.29) is 30.4 Å². The SMILES string of the molecule is O=C(Cc1ccc(F)cc1)NCC(=O)Nc1ccccc1F. The van der Waals surface area contributed by atoms with E-state index in [4.69, 9.17) is 0 Å². The zero-order valence-corrected chi connectivity index (χ0v) is 11.6. The first-order chi connectivity index (χ1) is 10.5. The van der Waals surface area contributed by atoms with Crippen LogP contribution >= 0.6 is 0 Å². The molecule has 2 rings (SSSR count). The van der Waals surface area contributed by atoms with Crippen LogP contribution in [0.5, 0.6) is 0 Å². The number of halogens is 2. The Bertz CT molecular complexity index is 672. The maximum absolute atomic E-state index is 13.3. The number of anilines is 1. The van der Waals surface area contributed by atoms with E-state index in [0.29, 0.717) is 5.56 Å². The van der Waals surface area contributed by atoms with Gasteiger partial charge in [-0.3, -0.25) is 9.59 Å². The molecule has 0 heterocycles. The van der Waals surface area contributed by atoms with Gasteiger partial charge < -0.3 is 10.6 Å². The number of nitrogens with one attached hydrogen (secondary N) is 2. The molecule has 4 nitrogen and oxygen atoms in total. The van der Waals surface area contributed by atoms with Gasteiger partial charge in [0.25, 0.3) is 0 Å². The summed E-state index contributed by atoms with van der Waals surface area (Å²) in [5, 5.41) is 4.78. The molecule has 0 saturated heterocycles. The van der Waals surface area contributed by atoms with Gasteiger partial charge in [0.05, 0.1) is 18.7 Å². The van der Waals surface area contributed by atoms with Gasteiger partial charge in [-0.15, -0.1) is 0 Å². The van der Waals surface area contributed by atoms with E-state index in [2.05, 4.69) is 10.6 Å². The molecule has 22 heavy (non-hydrogen) atoms. The van der Waals surface area contributed by atoms with Crippen molar-refractivity contribution in [2.75, 3.05) is 11.9 Å². The molecule has 0 fully saturated rings. The molecule has 0 aliphatic heterocycles. The summed E-state index contributed by atoms with van der Waals surface area (Å²) < 4.78 is 26.1. The summed E-state index contributed by atoms with van der Waals surface area (Å²) in [6.45, 7) is -0.269. The van der Waals surface area contributed by atoms with Crippen molar-refractivity contribution in [2.24, 2.45) is 0 Å². The van der Waals surface area contributed by atoms with Crippen LogP contribution in [-0.2, 0) is 16.0 Å². The lowest BCUT2D eigenvalue weighted by Gasteiger charge is -2.07. The minimum absolute atomic E-state index is 0.0350. The van der Waals surface area contributed by atoms with Gasteiger partial charge in [-0.2, -0.15) is 0 Å². The predicted octanol–water partition coefficient (Wildman–Crippen LogP) is 2.26. The highest BCUT2D eigenvalue weighted by Gasteiger charge is 2.09. The molecule has 2 aromatic rings. The van der Waals surface area contributed by atoms with Gasteiger partial charge in [-0.1, -0.05) is 24.3 Å². The van der Waals surface area contributed by atoms with Crippen LogP contribution in [0.4, 0.5) is 14.5 Å². The third-order valence-corrected chi connectivity index (χ3v) is 2.87.